The first-order valence-corrected chi connectivity index (χ1v) is 5.33. The lowest BCUT2D eigenvalue weighted by Crippen LogP contribution is -2.50. The lowest BCUT2D eigenvalue weighted by molar-refractivity contribution is 0.192. The maximum Gasteiger partial charge on any atom is 0.116 e. The summed E-state index contributed by atoms with van der Waals surface area (Å²) in [5, 5.41) is 12.1. The number of hydrogen-bond donors (Lipinski definition) is 1. The number of nitrogens with zero attached hydrogens (tertiary/aromatic N) is 2. The molecule has 0 radical (unpaired) electrons. The van der Waals surface area contributed by atoms with E-state index >= 15 is 0 Å². The van der Waals surface area contributed by atoms with Crippen molar-refractivity contribution < 1.29 is 0 Å². The molecule has 1 atom stereocenters. The molecule has 0 heterocycles. The van der Waals surface area contributed by atoms with Crippen LogP contribution in [0, 0.1) is 11.3 Å². The predicted molar refractivity (Wildman–Crippen MR) is 60.1 cm³/mol. The minimum Gasteiger partial charge on any atom is -0.302 e. The zero-order valence-corrected chi connectivity index (χ0v) is 10.1. The molecule has 0 rings (SSSR count). The van der Waals surface area contributed by atoms with Gasteiger partial charge >= 0.3 is 0 Å². The number of nitrogens with one attached hydrogen (secondary N) is 1. The maximum atomic E-state index is 9.02. The summed E-state index contributed by atoms with van der Waals surface area (Å²) < 4.78 is 0. The molecule has 0 fully saturated rings. The topological polar surface area (TPSA) is 39.1 Å². The van der Waals surface area contributed by atoms with Crippen molar-refractivity contribution in [2.45, 2.75) is 45.2 Å². The molecule has 3 nitrogen and oxygen atoms in total. The fraction of sp³-hybridized carbons (Fsp3) is 0.909. The van der Waals surface area contributed by atoms with E-state index in [-0.39, 0.29) is 0 Å². The van der Waals surface area contributed by atoms with Crippen LogP contribution in [0.25, 0.3) is 0 Å². The van der Waals surface area contributed by atoms with E-state index in [4.69, 9.17) is 5.26 Å². The summed E-state index contributed by atoms with van der Waals surface area (Å²) >= 11 is 0. The molecule has 82 valence electrons. The van der Waals surface area contributed by atoms with E-state index < -0.39 is 5.54 Å². The Morgan fingerprint density at radius 2 is 1.93 bits per heavy atom. The molecule has 0 aromatic carbocycles. The first-order chi connectivity index (χ1) is 6.52. The Kier molecular flexibility index (Phi) is 5.75. The smallest absolute Gasteiger partial charge is 0.116 e. The summed E-state index contributed by atoms with van der Waals surface area (Å²) in [5.41, 5.74) is -0.433. The van der Waals surface area contributed by atoms with Crippen molar-refractivity contribution in [2.24, 2.45) is 0 Å². The van der Waals surface area contributed by atoms with Crippen LogP contribution in [-0.2, 0) is 0 Å². The highest BCUT2D eigenvalue weighted by Gasteiger charge is 2.25. The Morgan fingerprint density at radius 1 is 1.43 bits per heavy atom. The van der Waals surface area contributed by atoms with Gasteiger partial charge < -0.3 is 10.2 Å². The fourth-order valence-corrected chi connectivity index (χ4v) is 1.71. The van der Waals surface area contributed by atoms with Crippen molar-refractivity contribution in [3.05, 3.63) is 0 Å². The predicted octanol–water partition coefficient (Wildman–Crippen LogP) is 1.61. The number of hydrogen-bond acceptors (Lipinski definition) is 3. The first kappa shape index (κ1) is 13.4. The second kappa shape index (κ2) is 6.00. The van der Waals surface area contributed by atoms with E-state index in [1.807, 2.05) is 14.0 Å². The van der Waals surface area contributed by atoms with Gasteiger partial charge in [0.1, 0.15) is 5.54 Å². The van der Waals surface area contributed by atoms with Crippen LogP contribution in [0.4, 0.5) is 0 Å². The van der Waals surface area contributed by atoms with E-state index in [1.54, 1.807) is 0 Å². The average molecular weight is 197 g/mol. The monoisotopic (exact) mass is 197 g/mol. The van der Waals surface area contributed by atoms with Gasteiger partial charge in [-0.25, -0.2) is 0 Å². The van der Waals surface area contributed by atoms with Gasteiger partial charge in [-0.15, -0.1) is 0 Å². The number of likely N-dealkylation sites (N-methyl/N-ethyl adjacent to an activating group) is 2. The van der Waals surface area contributed by atoms with Crippen LogP contribution in [-0.4, -0.2) is 37.1 Å². The largest absolute Gasteiger partial charge is 0.302 e. The van der Waals surface area contributed by atoms with Gasteiger partial charge in [0.2, 0.25) is 0 Å². The van der Waals surface area contributed by atoms with Gasteiger partial charge in [0.05, 0.1) is 6.07 Å². The highest BCUT2D eigenvalue weighted by molar-refractivity contribution is 5.05. The van der Waals surface area contributed by atoms with E-state index in [1.165, 1.54) is 0 Å². The van der Waals surface area contributed by atoms with E-state index in [0.717, 1.165) is 19.4 Å². The molecule has 1 N–H and O–H groups in total. The van der Waals surface area contributed by atoms with Crippen molar-refractivity contribution in [3.63, 3.8) is 0 Å². The summed E-state index contributed by atoms with van der Waals surface area (Å²) in [5.74, 6) is 0. The molecule has 0 spiro atoms. The highest BCUT2D eigenvalue weighted by Crippen LogP contribution is 2.11. The van der Waals surface area contributed by atoms with E-state index in [9.17, 15) is 0 Å². The number of rotatable bonds is 6. The minimum absolute atomic E-state index is 0.433. The Hall–Kier alpha value is -0.590. The summed E-state index contributed by atoms with van der Waals surface area (Å²) in [7, 11) is 3.93. The third-order valence-corrected chi connectivity index (χ3v) is 2.93. The van der Waals surface area contributed by atoms with E-state index in [2.05, 4.69) is 37.2 Å². The summed E-state index contributed by atoms with van der Waals surface area (Å²) in [6, 6.07) is 2.89. The molecule has 0 aliphatic heterocycles. The lowest BCUT2D eigenvalue weighted by Gasteiger charge is -2.32. The average Bonchev–Trinajstić information content (AvgIpc) is 2.19. The van der Waals surface area contributed by atoms with Crippen LogP contribution >= 0.6 is 0 Å². The molecule has 0 bridgehead atoms. The molecule has 3 heteroatoms. The lowest BCUT2D eigenvalue weighted by atomic mass is 10.0. The second-order valence-corrected chi connectivity index (χ2v) is 4.08. The summed E-state index contributed by atoms with van der Waals surface area (Å²) in [6.07, 6.45) is 2.27. The van der Waals surface area contributed by atoms with Gasteiger partial charge in [-0.1, -0.05) is 13.8 Å². The molecule has 0 aliphatic carbocycles. The van der Waals surface area contributed by atoms with Crippen molar-refractivity contribution in [3.8, 4) is 6.07 Å². The molecule has 1 unspecified atom stereocenters. The van der Waals surface area contributed by atoms with Crippen LogP contribution in [0.15, 0.2) is 0 Å². The molecule has 0 aliphatic rings. The van der Waals surface area contributed by atoms with Gasteiger partial charge in [0, 0.05) is 12.6 Å². The molecule has 0 aromatic rings. The van der Waals surface area contributed by atoms with Crippen molar-refractivity contribution >= 4 is 0 Å². The first-order valence-electron chi connectivity index (χ1n) is 5.33. The SMILES string of the molecule is CCC(CC)N(C)CC(C)(C#N)NC. The quantitative estimate of drug-likeness (QED) is 0.703. The van der Waals surface area contributed by atoms with Crippen LogP contribution in [0.1, 0.15) is 33.6 Å². The summed E-state index contributed by atoms with van der Waals surface area (Å²) in [6.45, 7) is 7.08. The zero-order chi connectivity index (χ0) is 11.2. The van der Waals surface area contributed by atoms with Crippen LogP contribution in [0.3, 0.4) is 0 Å². The van der Waals surface area contributed by atoms with Gasteiger partial charge in [-0.2, -0.15) is 5.26 Å². The maximum absolute atomic E-state index is 9.02. The van der Waals surface area contributed by atoms with Gasteiger partial charge in [-0.05, 0) is 33.9 Å². The fourth-order valence-electron chi connectivity index (χ4n) is 1.71. The van der Waals surface area contributed by atoms with Crippen LogP contribution in [0.2, 0.25) is 0 Å². The van der Waals surface area contributed by atoms with Crippen molar-refractivity contribution in [1.82, 2.24) is 10.2 Å². The molecule has 0 saturated heterocycles. The molecule has 0 amide bonds. The Morgan fingerprint density at radius 3 is 2.21 bits per heavy atom. The second-order valence-electron chi connectivity index (χ2n) is 4.08. The third kappa shape index (κ3) is 3.65. The van der Waals surface area contributed by atoms with Gasteiger partial charge in [0.15, 0.2) is 0 Å². The molecular formula is C11H23N3. The van der Waals surface area contributed by atoms with Crippen LogP contribution < -0.4 is 5.32 Å². The molecular weight excluding hydrogens is 174 g/mol. The molecule has 14 heavy (non-hydrogen) atoms. The van der Waals surface area contributed by atoms with Crippen LogP contribution in [0.5, 0.6) is 0 Å². The number of nitriles is 1. The van der Waals surface area contributed by atoms with Gasteiger partial charge in [0.25, 0.3) is 0 Å². The third-order valence-electron chi connectivity index (χ3n) is 2.93. The van der Waals surface area contributed by atoms with E-state index in [0.29, 0.717) is 6.04 Å². The van der Waals surface area contributed by atoms with Gasteiger partial charge in [-0.3, -0.25) is 0 Å². The Bertz CT molecular complexity index is 193. The highest BCUT2D eigenvalue weighted by atomic mass is 15.2. The normalized spacial score (nSPS) is 15.6. The summed E-state index contributed by atoms with van der Waals surface area (Å²) in [4.78, 5) is 2.26. The van der Waals surface area contributed by atoms with Crippen molar-refractivity contribution in [2.75, 3.05) is 20.6 Å². The Labute approximate surface area is 88.1 Å². The minimum atomic E-state index is -0.433. The molecule has 0 saturated carbocycles. The zero-order valence-electron chi connectivity index (χ0n) is 10.1. The Balaban J connectivity index is 4.29. The molecule has 0 aromatic heterocycles. The van der Waals surface area contributed by atoms with Crippen molar-refractivity contribution in [1.29, 1.82) is 5.26 Å². The standard InChI is InChI=1S/C11H23N3/c1-6-10(7-2)14(5)9-11(3,8-12)13-4/h10,13H,6-7,9H2,1-5H3.